The summed E-state index contributed by atoms with van der Waals surface area (Å²) in [5.41, 5.74) is 3.75. The Kier molecular flexibility index (Phi) is 6.87. The molecule has 0 saturated carbocycles. The fraction of sp³-hybridized carbons (Fsp3) is 0.238. The van der Waals surface area contributed by atoms with Crippen molar-refractivity contribution in [3.05, 3.63) is 65.9 Å². The van der Waals surface area contributed by atoms with Crippen LogP contribution in [0.1, 0.15) is 22.2 Å². The Morgan fingerprint density at radius 3 is 2.76 bits per heavy atom. The molecule has 1 saturated heterocycles. The number of carbonyl (C=O) groups is 1. The zero-order valence-corrected chi connectivity index (χ0v) is 16.8. The second-order valence-electron chi connectivity index (χ2n) is 6.54. The number of hydrogen-bond acceptors (Lipinski definition) is 5. The average molecular weight is 415 g/mol. The van der Waals surface area contributed by atoms with Gasteiger partial charge in [-0.25, -0.2) is 0 Å². The molecule has 1 aromatic heterocycles. The number of H-pyrrole nitrogens is 1. The summed E-state index contributed by atoms with van der Waals surface area (Å²) in [6, 6.07) is 17.0. The van der Waals surface area contributed by atoms with Crippen molar-refractivity contribution >= 4 is 24.0 Å². The van der Waals surface area contributed by atoms with Gasteiger partial charge in [-0.3, -0.25) is 9.89 Å². The van der Waals surface area contributed by atoms with Gasteiger partial charge >= 0.3 is 0 Å². The summed E-state index contributed by atoms with van der Waals surface area (Å²) < 4.78 is 11.0. The predicted molar refractivity (Wildman–Crippen MR) is 114 cm³/mol. The highest BCUT2D eigenvalue weighted by Crippen LogP contribution is 2.24. The summed E-state index contributed by atoms with van der Waals surface area (Å²) in [5.74, 6) is 0.494. The second-order valence-corrected chi connectivity index (χ2v) is 6.54. The van der Waals surface area contributed by atoms with Crippen LogP contribution in [0.15, 0.2) is 54.6 Å². The molecule has 1 aliphatic heterocycles. The molecular formula is C21H23ClN4O3. The smallest absolute Gasteiger partial charge is 0.273 e. The fourth-order valence-corrected chi connectivity index (χ4v) is 3.13. The number of aromatic amines is 1. The number of halogens is 1. The molecule has 2 aromatic carbocycles. The van der Waals surface area contributed by atoms with Crippen LogP contribution in [0, 0.1) is 0 Å². The van der Waals surface area contributed by atoms with E-state index in [1.807, 2.05) is 48.5 Å². The van der Waals surface area contributed by atoms with E-state index in [-0.39, 0.29) is 24.4 Å². The van der Waals surface area contributed by atoms with E-state index in [2.05, 4.69) is 20.8 Å². The molecule has 3 aromatic rings. The van der Waals surface area contributed by atoms with Crippen molar-refractivity contribution in [1.29, 1.82) is 0 Å². The monoisotopic (exact) mass is 414 g/mol. The van der Waals surface area contributed by atoms with Crippen LogP contribution in [0.5, 0.6) is 5.75 Å². The SMILES string of the molecule is COc1cccc(-c2cc(C(=O)Nc3ccc(C4CNCCO4)cc3)[nH]n2)c1.Cl. The molecule has 1 unspecified atom stereocenters. The molecule has 0 aliphatic carbocycles. The van der Waals surface area contributed by atoms with Crippen molar-refractivity contribution in [3.8, 4) is 17.0 Å². The molecule has 3 N–H and O–H groups in total. The summed E-state index contributed by atoms with van der Waals surface area (Å²) in [7, 11) is 1.62. The largest absolute Gasteiger partial charge is 0.497 e. The van der Waals surface area contributed by atoms with Gasteiger partial charge in [0.2, 0.25) is 0 Å². The molecule has 4 rings (SSSR count). The van der Waals surface area contributed by atoms with Gasteiger partial charge in [0, 0.05) is 24.3 Å². The number of carbonyl (C=O) groups excluding carboxylic acids is 1. The van der Waals surface area contributed by atoms with Gasteiger partial charge in [-0.2, -0.15) is 5.10 Å². The third-order valence-corrected chi connectivity index (χ3v) is 4.66. The molecule has 1 fully saturated rings. The van der Waals surface area contributed by atoms with E-state index in [4.69, 9.17) is 9.47 Å². The third-order valence-electron chi connectivity index (χ3n) is 4.66. The minimum Gasteiger partial charge on any atom is -0.497 e. The van der Waals surface area contributed by atoms with E-state index >= 15 is 0 Å². The molecule has 1 aliphatic rings. The van der Waals surface area contributed by atoms with Crippen molar-refractivity contribution in [2.75, 3.05) is 32.1 Å². The molecule has 0 radical (unpaired) electrons. The third kappa shape index (κ3) is 4.95. The van der Waals surface area contributed by atoms with Gasteiger partial charge in [0.25, 0.3) is 5.91 Å². The molecule has 7 nitrogen and oxygen atoms in total. The number of rotatable bonds is 5. The fourth-order valence-electron chi connectivity index (χ4n) is 3.13. The standard InChI is InChI=1S/C21H22N4O3.ClH/c1-27-17-4-2-3-15(11-17)18-12-19(25-24-18)21(26)23-16-7-5-14(6-8-16)20-13-22-9-10-28-20;/h2-8,11-12,20,22H,9-10,13H2,1H3,(H,23,26)(H,24,25);1H. The molecule has 1 amide bonds. The molecular weight excluding hydrogens is 392 g/mol. The number of aromatic nitrogens is 2. The van der Waals surface area contributed by atoms with Gasteiger partial charge < -0.3 is 20.1 Å². The van der Waals surface area contributed by atoms with Crippen molar-refractivity contribution in [1.82, 2.24) is 15.5 Å². The van der Waals surface area contributed by atoms with E-state index < -0.39 is 0 Å². The Morgan fingerprint density at radius 1 is 1.21 bits per heavy atom. The van der Waals surface area contributed by atoms with Gasteiger partial charge in [0.05, 0.1) is 25.5 Å². The number of methoxy groups -OCH3 is 1. The van der Waals surface area contributed by atoms with E-state index in [1.165, 1.54) is 0 Å². The van der Waals surface area contributed by atoms with Crippen molar-refractivity contribution < 1.29 is 14.3 Å². The van der Waals surface area contributed by atoms with E-state index in [1.54, 1.807) is 13.2 Å². The normalized spacial score (nSPS) is 16.0. The molecule has 2 heterocycles. The van der Waals surface area contributed by atoms with Crippen LogP contribution in [0.4, 0.5) is 5.69 Å². The Morgan fingerprint density at radius 2 is 2.03 bits per heavy atom. The summed E-state index contributed by atoms with van der Waals surface area (Å²) >= 11 is 0. The second kappa shape index (κ2) is 9.56. The summed E-state index contributed by atoms with van der Waals surface area (Å²) in [4.78, 5) is 12.5. The van der Waals surface area contributed by atoms with Crippen LogP contribution in [0.25, 0.3) is 11.3 Å². The maximum atomic E-state index is 12.5. The molecule has 8 heteroatoms. The minimum atomic E-state index is -0.245. The molecule has 0 bridgehead atoms. The zero-order chi connectivity index (χ0) is 19.3. The number of amides is 1. The van der Waals surface area contributed by atoms with Crippen molar-refractivity contribution in [2.45, 2.75) is 6.10 Å². The average Bonchev–Trinajstić information content (AvgIpc) is 3.25. The summed E-state index contributed by atoms with van der Waals surface area (Å²) in [6.07, 6.45) is 0.0523. The molecule has 152 valence electrons. The highest BCUT2D eigenvalue weighted by atomic mass is 35.5. The first-order chi connectivity index (χ1) is 13.7. The molecule has 29 heavy (non-hydrogen) atoms. The Hall–Kier alpha value is -2.87. The van der Waals surface area contributed by atoms with Crippen LogP contribution in [0.3, 0.4) is 0 Å². The van der Waals surface area contributed by atoms with E-state index in [0.717, 1.165) is 35.7 Å². The summed E-state index contributed by atoms with van der Waals surface area (Å²) in [5, 5.41) is 13.2. The first kappa shape index (κ1) is 20.9. The number of benzene rings is 2. The summed E-state index contributed by atoms with van der Waals surface area (Å²) in [6.45, 7) is 2.39. The maximum Gasteiger partial charge on any atom is 0.273 e. The quantitative estimate of drug-likeness (QED) is 0.595. The predicted octanol–water partition coefficient (Wildman–Crippen LogP) is 3.42. The van der Waals surface area contributed by atoms with Gasteiger partial charge in [0.15, 0.2) is 0 Å². The lowest BCUT2D eigenvalue weighted by Crippen LogP contribution is -2.33. The molecule has 0 spiro atoms. The highest BCUT2D eigenvalue weighted by molar-refractivity contribution is 6.03. The number of nitrogens with one attached hydrogen (secondary N) is 3. The van der Waals surface area contributed by atoms with Crippen LogP contribution >= 0.6 is 12.4 Å². The topological polar surface area (TPSA) is 88.3 Å². The number of ether oxygens (including phenoxy) is 2. The molecule has 1 atom stereocenters. The lowest BCUT2D eigenvalue weighted by atomic mass is 10.1. The number of anilines is 1. The van der Waals surface area contributed by atoms with Crippen LogP contribution in [-0.2, 0) is 4.74 Å². The Labute approximate surface area is 175 Å². The minimum absolute atomic E-state index is 0. The lowest BCUT2D eigenvalue weighted by molar-refractivity contribution is 0.0277. The Balaban J connectivity index is 0.00000240. The Bertz CT molecular complexity index is 953. The van der Waals surface area contributed by atoms with Crippen molar-refractivity contribution in [2.24, 2.45) is 0 Å². The van der Waals surface area contributed by atoms with Crippen molar-refractivity contribution in [3.63, 3.8) is 0 Å². The first-order valence-electron chi connectivity index (χ1n) is 9.16. The number of hydrogen-bond donors (Lipinski definition) is 3. The van der Waals surface area contributed by atoms with E-state index in [9.17, 15) is 4.79 Å². The van der Waals surface area contributed by atoms with Crippen LogP contribution in [-0.4, -0.2) is 42.9 Å². The van der Waals surface area contributed by atoms with Crippen LogP contribution in [0.2, 0.25) is 0 Å². The van der Waals surface area contributed by atoms with Gasteiger partial charge in [-0.05, 0) is 35.9 Å². The van der Waals surface area contributed by atoms with E-state index in [0.29, 0.717) is 18.0 Å². The van der Waals surface area contributed by atoms with Crippen LogP contribution < -0.4 is 15.4 Å². The number of nitrogens with zero attached hydrogens (tertiary/aromatic N) is 1. The maximum absolute atomic E-state index is 12.5. The van der Waals surface area contributed by atoms with Gasteiger partial charge in [-0.1, -0.05) is 24.3 Å². The first-order valence-corrected chi connectivity index (χ1v) is 9.16. The van der Waals surface area contributed by atoms with Gasteiger partial charge in [-0.15, -0.1) is 12.4 Å². The zero-order valence-electron chi connectivity index (χ0n) is 16.0. The number of morpholine rings is 1. The lowest BCUT2D eigenvalue weighted by Gasteiger charge is -2.24. The highest BCUT2D eigenvalue weighted by Gasteiger charge is 2.16. The van der Waals surface area contributed by atoms with Gasteiger partial charge in [0.1, 0.15) is 11.4 Å².